The maximum Gasteiger partial charge on any atom is 0.302 e. The largest absolute Gasteiger partial charge is 0.460 e. The van der Waals surface area contributed by atoms with E-state index < -0.39 is 11.5 Å². The van der Waals surface area contributed by atoms with E-state index in [9.17, 15) is 9.59 Å². The van der Waals surface area contributed by atoms with Crippen molar-refractivity contribution in [2.24, 2.45) is 10.5 Å². The first-order valence-corrected chi connectivity index (χ1v) is 10.3. The summed E-state index contributed by atoms with van der Waals surface area (Å²) in [6.45, 7) is 3.25. The minimum Gasteiger partial charge on any atom is -0.460 e. The number of carbonyl (C=O) groups excluding carboxylic acids is 2. The van der Waals surface area contributed by atoms with Gasteiger partial charge in [-0.25, -0.2) is 0 Å². The zero-order valence-electron chi connectivity index (χ0n) is 14.4. The number of esters is 1. The molecule has 3 atom stereocenters. The van der Waals surface area contributed by atoms with Gasteiger partial charge in [-0.05, 0) is 30.5 Å². The number of carbonyl (C=O) groups is 2. The summed E-state index contributed by atoms with van der Waals surface area (Å²) in [6, 6.07) is 13.4. The number of thiophene rings is 1. The average molecular weight is 386 g/mol. The number of thioether (sulfide) groups is 1. The molecule has 4 rings (SSSR count). The normalized spacial score (nSPS) is 27.8. The highest BCUT2D eigenvalue weighted by Crippen LogP contribution is 2.59. The van der Waals surface area contributed by atoms with Gasteiger partial charge in [0, 0.05) is 17.6 Å². The monoisotopic (exact) mass is 386 g/mol. The van der Waals surface area contributed by atoms with E-state index in [0.29, 0.717) is 11.5 Å². The van der Waals surface area contributed by atoms with Crippen molar-refractivity contribution in [3.8, 4) is 0 Å². The van der Waals surface area contributed by atoms with Crippen molar-refractivity contribution in [3.63, 3.8) is 0 Å². The maximum atomic E-state index is 13.6. The molecule has 2 aliphatic heterocycles. The molecule has 1 fully saturated rings. The molecule has 0 N–H and O–H groups in total. The Labute approximate surface area is 160 Å². The van der Waals surface area contributed by atoms with Crippen LogP contribution < -0.4 is 5.01 Å². The van der Waals surface area contributed by atoms with Crippen LogP contribution >= 0.6 is 23.1 Å². The Morgan fingerprint density at radius 1 is 1.27 bits per heavy atom. The standard InChI is InChI=1S/C19H18N2O3S2/c1-12-19(18(23)21(20-12)14-7-4-3-5-8-14)16(24-13(2)22)11-26-17(19)15-9-6-10-25-15/h3-10,16-17H,11H2,1-2H3/t16-,17-,19+/m1/s1. The number of nitrogens with zero attached hydrogens (tertiary/aromatic N) is 2. The first-order chi connectivity index (χ1) is 12.5. The summed E-state index contributed by atoms with van der Waals surface area (Å²) in [5.74, 6) is 0.0695. The van der Waals surface area contributed by atoms with Gasteiger partial charge in [-0.1, -0.05) is 24.3 Å². The van der Waals surface area contributed by atoms with Crippen molar-refractivity contribution in [3.05, 3.63) is 52.7 Å². The van der Waals surface area contributed by atoms with Gasteiger partial charge in [-0.3, -0.25) is 9.59 Å². The van der Waals surface area contributed by atoms with Gasteiger partial charge in [0.1, 0.15) is 11.5 Å². The third kappa shape index (κ3) is 2.49. The fourth-order valence-electron chi connectivity index (χ4n) is 3.71. The van der Waals surface area contributed by atoms with E-state index in [4.69, 9.17) is 4.74 Å². The number of amides is 1. The molecule has 0 aliphatic carbocycles. The molecule has 0 bridgehead atoms. The number of ether oxygens (including phenoxy) is 1. The Morgan fingerprint density at radius 2 is 2.04 bits per heavy atom. The van der Waals surface area contributed by atoms with Crippen molar-refractivity contribution in [1.29, 1.82) is 0 Å². The molecule has 1 amide bonds. The second-order valence-electron chi connectivity index (χ2n) is 6.33. The molecular weight excluding hydrogens is 368 g/mol. The van der Waals surface area contributed by atoms with Crippen molar-refractivity contribution >= 4 is 46.4 Å². The summed E-state index contributed by atoms with van der Waals surface area (Å²) in [7, 11) is 0. The van der Waals surface area contributed by atoms with Gasteiger partial charge in [0.15, 0.2) is 0 Å². The van der Waals surface area contributed by atoms with Gasteiger partial charge < -0.3 is 4.74 Å². The van der Waals surface area contributed by atoms with Crippen LogP contribution in [-0.2, 0) is 14.3 Å². The molecule has 1 aromatic carbocycles. The van der Waals surface area contributed by atoms with Crippen LogP contribution in [0.2, 0.25) is 0 Å². The van der Waals surface area contributed by atoms with Crippen LogP contribution in [0.25, 0.3) is 0 Å². The Balaban J connectivity index is 1.82. The van der Waals surface area contributed by atoms with Gasteiger partial charge in [0.2, 0.25) is 0 Å². The fraction of sp³-hybridized carbons (Fsp3) is 0.316. The number of hydrogen-bond acceptors (Lipinski definition) is 6. The summed E-state index contributed by atoms with van der Waals surface area (Å²) in [4.78, 5) is 26.5. The van der Waals surface area contributed by atoms with Gasteiger partial charge >= 0.3 is 5.97 Å². The fourth-order valence-corrected chi connectivity index (χ4v) is 6.49. The molecular formula is C19H18N2O3S2. The number of rotatable bonds is 3. The Bertz CT molecular complexity index is 866. The Kier molecular flexibility index (Phi) is 4.36. The highest BCUT2D eigenvalue weighted by molar-refractivity contribution is 8.00. The van der Waals surface area contributed by atoms with Crippen molar-refractivity contribution in [1.82, 2.24) is 0 Å². The quantitative estimate of drug-likeness (QED) is 0.751. The first-order valence-electron chi connectivity index (χ1n) is 8.32. The second kappa shape index (κ2) is 6.55. The smallest absolute Gasteiger partial charge is 0.302 e. The molecule has 1 saturated heterocycles. The minimum atomic E-state index is -0.961. The van der Waals surface area contributed by atoms with Crippen LogP contribution in [0.3, 0.4) is 0 Å². The average Bonchev–Trinajstić information content (AvgIpc) is 3.32. The molecule has 0 radical (unpaired) electrons. The summed E-state index contributed by atoms with van der Waals surface area (Å²) < 4.78 is 5.62. The molecule has 3 heterocycles. The van der Waals surface area contributed by atoms with E-state index in [1.54, 1.807) is 23.1 Å². The van der Waals surface area contributed by atoms with Crippen LogP contribution in [0.1, 0.15) is 24.0 Å². The Morgan fingerprint density at radius 3 is 2.69 bits per heavy atom. The van der Waals surface area contributed by atoms with E-state index in [1.165, 1.54) is 11.9 Å². The highest BCUT2D eigenvalue weighted by Gasteiger charge is 2.65. The third-order valence-corrected chi connectivity index (χ3v) is 7.38. The predicted molar refractivity (Wildman–Crippen MR) is 105 cm³/mol. The molecule has 134 valence electrons. The van der Waals surface area contributed by atoms with Crippen LogP contribution in [0.5, 0.6) is 0 Å². The van der Waals surface area contributed by atoms with Crippen LogP contribution in [0.15, 0.2) is 52.9 Å². The SMILES string of the molecule is CC(=O)O[C@@H]1CS[C@H](c2cccs2)[C@@]12C(=O)N(c1ccccc1)N=C2C. The van der Waals surface area contributed by atoms with Gasteiger partial charge in [-0.15, -0.1) is 23.1 Å². The second-order valence-corrected chi connectivity index (χ2v) is 8.45. The molecule has 0 saturated carbocycles. The maximum absolute atomic E-state index is 13.6. The van der Waals surface area contributed by atoms with E-state index in [2.05, 4.69) is 5.10 Å². The van der Waals surface area contributed by atoms with E-state index in [1.807, 2.05) is 54.8 Å². The minimum absolute atomic E-state index is 0.114. The van der Waals surface area contributed by atoms with Crippen molar-refractivity contribution < 1.29 is 14.3 Å². The number of anilines is 1. The molecule has 26 heavy (non-hydrogen) atoms. The highest BCUT2D eigenvalue weighted by atomic mass is 32.2. The van der Waals surface area contributed by atoms with E-state index in [0.717, 1.165) is 10.6 Å². The lowest BCUT2D eigenvalue weighted by Crippen LogP contribution is -2.50. The number of hydrogen-bond donors (Lipinski definition) is 0. The molecule has 2 aliphatic rings. The lowest BCUT2D eigenvalue weighted by atomic mass is 9.74. The molecule has 0 unspecified atom stereocenters. The number of para-hydroxylation sites is 1. The summed E-state index contributed by atoms with van der Waals surface area (Å²) in [5.41, 5.74) is 0.454. The molecule has 1 aromatic heterocycles. The zero-order chi connectivity index (χ0) is 18.3. The van der Waals surface area contributed by atoms with Crippen LogP contribution in [0, 0.1) is 5.41 Å². The van der Waals surface area contributed by atoms with E-state index >= 15 is 0 Å². The molecule has 5 nitrogen and oxygen atoms in total. The molecule has 2 aromatic rings. The van der Waals surface area contributed by atoms with Gasteiger partial charge in [0.25, 0.3) is 5.91 Å². The third-order valence-electron chi connectivity index (χ3n) is 4.84. The lowest BCUT2D eigenvalue weighted by molar-refractivity contribution is -0.151. The summed E-state index contributed by atoms with van der Waals surface area (Å²) in [5, 5.41) is 7.94. The zero-order valence-corrected chi connectivity index (χ0v) is 16.0. The van der Waals surface area contributed by atoms with Crippen LogP contribution in [0.4, 0.5) is 5.69 Å². The lowest BCUT2D eigenvalue weighted by Gasteiger charge is -2.33. The summed E-state index contributed by atoms with van der Waals surface area (Å²) in [6.07, 6.45) is -0.526. The topological polar surface area (TPSA) is 59.0 Å². The number of hydrazone groups is 1. The predicted octanol–water partition coefficient (Wildman–Crippen LogP) is 3.88. The van der Waals surface area contributed by atoms with E-state index in [-0.39, 0.29) is 17.1 Å². The van der Waals surface area contributed by atoms with Crippen molar-refractivity contribution in [2.75, 3.05) is 10.8 Å². The molecule has 7 heteroatoms. The number of benzene rings is 1. The van der Waals surface area contributed by atoms with Gasteiger partial charge in [-0.2, -0.15) is 10.1 Å². The van der Waals surface area contributed by atoms with Crippen molar-refractivity contribution in [2.45, 2.75) is 25.2 Å². The van der Waals surface area contributed by atoms with Crippen LogP contribution in [-0.4, -0.2) is 29.4 Å². The first kappa shape index (κ1) is 17.3. The Hall–Kier alpha value is -2.12. The van der Waals surface area contributed by atoms with Gasteiger partial charge in [0.05, 0.1) is 16.6 Å². The molecule has 1 spiro atoms. The summed E-state index contributed by atoms with van der Waals surface area (Å²) >= 11 is 3.27.